The molecule has 0 unspecified atom stereocenters. The molecule has 3 nitrogen and oxygen atoms in total. The van der Waals surface area contributed by atoms with Crippen molar-refractivity contribution in [1.29, 1.82) is 10.5 Å². The second-order valence-corrected chi connectivity index (χ2v) is 4.18. The van der Waals surface area contributed by atoms with Gasteiger partial charge >= 0.3 is 0 Å². The molecule has 2 aromatic carbocycles. The number of nitrogens with one attached hydrogen (secondary N) is 1. The van der Waals surface area contributed by atoms with Gasteiger partial charge in [-0.1, -0.05) is 11.6 Å². The van der Waals surface area contributed by atoms with E-state index >= 15 is 0 Å². The van der Waals surface area contributed by atoms with Crippen LogP contribution in [0.5, 0.6) is 0 Å². The third-order valence-electron chi connectivity index (χ3n) is 2.41. The van der Waals surface area contributed by atoms with E-state index in [0.29, 0.717) is 22.0 Å². The molecule has 19 heavy (non-hydrogen) atoms. The second-order valence-electron chi connectivity index (χ2n) is 3.77. The van der Waals surface area contributed by atoms with Crippen LogP contribution in [0.3, 0.4) is 0 Å². The molecule has 0 bridgehead atoms. The molecule has 0 atom stereocenters. The largest absolute Gasteiger partial charge is 0.355 e. The third-order valence-corrected chi connectivity index (χ3v) is 2.72. The summed E-state index contributed by atoms with van der Waals surface area (Å²) in [6.45, 7) is 0. The number of anilines is 2. The molecule has 0 aliphatic carbocycles. The lowest BCUT2D eigenvalue weighted by Crippen LogP contribution is -1.93. The fraction of sp³-hybridized carbons (Fsp3) is 0. The molecule has 2 rings (SSSR count). The summed E-state index contributed by atoms with van der Waals surface area (Å²) >= 11 is 5.90. The second kappa shape index (κ2) is 5.39. The van der Waals surface area contributed by atoms with Gasteiger partial charge in [-0.05, 0) is 36.4 Å². The molecule has 0 aliphatic heterocycles. The number of nitrogens with zero attached hydrogens (tertiary/aromatic N) is 2. The quantitative estimate of drug-likeness (QED) is 0.899. The Balaban J connectivity index is 2.32. The summed E-state index contributed by atoms with van der Waals surface area (Å²) in [5.74, 6) is -0.499. The molecule has 0 heterocycles. The molecular weight excluding hydrogens is 265 g/mol. The van der Waals surface area contributed by atoms with E-state index in [1.807, 2.05) is 12.1 Å². The molecule has 0 radical (unpaired) electrons. The summed E-state index contributed by atoms with van der Waals surface area (Å²) in [7, 11) is 0. The Kier molecular flexibility index (Phi) is 3.66. The molecule has 0 aliphatic rings. The predicted octanol–water partition coefficient (Wildman–Crippen LogP) is 3.97. The lowest BCUT2D eigenvalue weighted by Gasteiger charge is -2.08. The van der Waals surface area contributed by atoms with Gasteiger partial charge in [-0.15, -0.1) is 0 Å². The van der Waals surface area contributed by atoms with Gasteiger partial charge in [0.2, 0.25) is 0 Å². The highest BCUT2D eigenvalue weighted by atomic mass is 35.5. The van der Waals surface area contributed by atoms with Gasteiger partial charge in [0.1, 0.15) is 11.9 Å². The van der Waals surface area contributed by atoms with E-state index in [2.05, 4.69) is 5.32 Å². The molecule has 0 saturated carbocycles. The fourth-order valence-corrected chi connectivity index (χ4v) is 1.80. The van der Waals surface area contributed by atoms with Gasteiger partial charge in [0.25, 0.3) is 0 Å². The summed E-state index contributed by atoms with van der Waals surface area (Å²) in [6.07, 6.45) is 0. The molecule has 0 fully saturated rings. The van der Waals surface area contributed by atoms with Crippen LogP contribution in [-0.2, 0) is 0 Å². The predicted molar refractivity (Wildman–Crippen MR) is 70.6 cm³/mol. The molecule has 92 valence electrons. The molecule has 0 amide bonds. The van der Waals surface area contributed by atoms with Crippen LogP contribution in [0.4, 0.5) is 15.8 Å². The summed E-state index contributed by atoms with van der Waals surface area (Å²) in [5.41, 5.74) is 1.64. The highest BCUT2D eigenvalue weighted by Crippen LogP contribution is 2.24. The molecule has 0 aromatic heterocycles. The first-order valence-corrected chi connectivity index (χ1v) is 5.67. The van der Waals surface area contributed by atoms with Crippen LogP contribution >= 0.6 is 11.6 Å². The number of hydrogen-bond donors (Lipinski definition) is 1. The minimum Gasteiger partial charge on any atom is -0.355 e. The average Bonchev–Trinajstić information content (AvgIpc) is 2.38. The van der Waals surface area contributed by atoms with Crippen LogP contribution in [0.25, 0.3) is 0 Å². The van der Waals surface area contributed by atoms with E-state index in [4.69, 9.17) is 22.1 Å². The van der Waals surface area contributed by atoms with Gasteiger partial charge in [0, 0.05) is 11.4 Å². The van der Waals surface area contributed by atoms with Crippen molar-refractivity contribution in [3.63, 3.8) is 0 Å². The third kappa shape index (κ3) is 3.01. The number of halogens is 2. The van der Waals surface area contributed by atoms with Crippen molar-refractivity contribution < 1.29 is 4.39 Å². The Morgan fingerprint density at radius 3 is 2.42 bits per heavy atom. The van der Waals surface area contributed by atoms with E-state index in [9.17, 15) is 4.39 Å². The number of rotatable bonds is 2. The maximum Gasteiger partial charge on any atom is 0.126 e. The first-order valence-electron chi connectivity index (χ1n) is 5.30. The average molecular weight is 272 g/mol. The van der Waals surface area contributed by atoms with Crippen molar-refractivity contribution in [2.75, 3.05) is 5.32 Å². The van der Waals surface area contributed by atoms with Crippen molar-refractivity contribution in [3.05, 3.63) is 58.4 Å². The SMILES string of the molecule is N#Cc1cc(F)cc(Nc2ccc(C#N)c(Cl)c2)c1. The van der Waals surface area contributed by atoms with Gasteiger partial charge in [-0.3, -0.25) is 0 Å². The van der Waals surface area contributed by atoms with Crippen molar-refractivity contribution in [2.24, 2.45) is 0 Å². The van der Waals surface area contributed by atoms with Crippen LogP contribution in [0, 0.1) is 28.5 Å². The standard InChI is InChI=1S/C14H7ClFN3/c15-14-6-12(2-1-10(14)8-18)19-13-4-9(7-17)3-11(16)5-13/h1-6,19H. The Morgan fingerprint density at radius 2 is 1.79 bits per heavy atom. The highest BCUT2D eigenvalue weighted by Gasteiger charge is 2.04. The van der Waals surface area contributed by atoms with Crippen LogP contribution in [-0.4, -0.2) is 0 Å². The topological polar surface area (TPSA) is 59.6 Å². The first-order chi connectivity index (χ1) is 9.12. The van der Waals surface area contributed by atoms with Gasteiger partial charge in [-0.25, -0.2) is 4.39 Å². The first kappa shape index (κ1) is 12.9. The smallest absolute Gasteiger partial charge is 0.126 e. The van der Waals surface area contributed by atoms with Gasteiger partial charge in [-0.2, -0.15) is 10.5 Å². The van der Waals surface area contributed by atoms with Gasteiger partial charge < -0.3 is 5.32 Å². The van der Waals surface area contributed by atoms with Gasteiger partial charge in [0.05, 0.1) is 22.2 Å². The Morgan fingerprint density at radius 1 is 1.00 bits per heavy atom. The lowest BCUT2D eigenvalue weighted by atomic mass is 10.2. The zero-order valence-electron chi connectivity index (χ0n) is 9.61. The fourth-order valence-electron chi connectivity index (χ4n) is 1.58. The van der Waals surface area contributed by atoms with E-state index < -0.39 is 5.82 Å². The normalized spacial score (nSPS) is 9.47. The lowest BCUT2D eigenvalue weighted by molar-refractivity contribution is 0.628. The maximum atomic E-state index is 13.3. The van der Waals surface area contributed by atoms with E-state index in [1.165, 1.54) is 12.1 Å². The van der Waals surface area contributed by atoms with E-state index in [-0.39, 0.29) is 5.56 Å². The van der Waals surface area contributed by atoms with E-state index in [0.717, 1.165) is 6.07 Å². The van der Waals surface area contributed by atoms with E-state index in [1.54, 1.807) is 18.2 Å². The molecule has 0 saturated heterocycles. The van der Waals surface area contributed by atoms with Crippen molar-refractivity contribution in [2.45, 2.75) is 0 Å². The molecule has 5 heteroatoms. The molecular formula is C14H7ClFN3. The van der Waals surface area contributed by atoms with Crippen LogP contribution in [0.2, 0.25) is 5.02 Å². The minimum atomic E-state index is -0.499. The minimum absolute atomic E-state index is 0.224. The summed E-state index contributed by atoms with van der Waals surface area (Å²) in [6, 6.07) is 12.6. The Bertz CT molecular complexity index is 714. The van der Waals surface area contributed by atoms with Crippen molar-refractivity contribution in [1.82, 2.24) is 0 Å². The molecule has 1 N–H and O–H groups in total. The number of hydrogen-bond acceptors (Lipinski definition) is 3. The Hall–Kier alpha value is -2.56. The van der Waals surface area contributed by atoms with Gasteiger partial charge in [0.15, 0.2) is 0 Å². The monoisotopic (exact) mass is 271 g/mol. The number of benzene rings is 2. The maximum absolute atomic E-state index is 13.3. The van der Waals surface area contributed by atoms with Crippen LogP contribution in [0.15, 0.2) is 36.4 Å². The Labute approximate surface area is 114 Å². The highest BCUT2D eigenvalue weighted by molar-refractivity contribution is 6.32. The van der Waals surface area contributed by atoms with Crippen molar-refractivity contribution in [3.8, 4) is 12.1 Å². The zero-order valence-corrected chi connectivity index (χ0v) is 10.4. The van der Waals surface area contributed by atoms with Crippen molar-refractivity contribution >= 4 is 23.0 Å². The summed E-state index contributed by atoms with van der Waals surface area (Å²) < 4.78 is 13.3. The summed E-state index contributed by atoms with van der Waals surface area (Å²) in [5, 5.41) is 20.8. The zero-order chi connectivity index (χ0) is 13.8. The number of nitriles is 2. The van der Waals surface area contributed by atoms with Crippen LogP contribution in [0.1, 0.15) is 11.1 Å². The van der Waals surface area contributed by atoms with Crippen LogP contribution < -0.4 is 5.32 Å². The molecule has 0 spiro atoms. The summed E-state index contributed by atoms with van der Waals surface area (Å²) in [4.78, 5) is 0. The molecule has 2 aromatic rings.